The smallest absolute Gasteiger partial charge is 0.255 e. The first kappa shape index (κ1) is 14.3. The van der Waals surface area contributed by atoms with E-state index in [4.69, 9.17) is 11.6 Å². The molecule has 104 valence electrons. The molecule has 1 fully saturated rings. The van der Waals surface area contributed by atoms with Crippen molar-refractivity contribution in [1.82, 2.24) is 10.2 Å². The minimum atomic E-state index is -0.545. The Kier molecular flexibility index (Phi) is 4.77. The quantitative estimate of drug-likeness (QED) is 0.925. The molecule has 0 bridgehead atoms. The van der Waals surface area contributed by atoms with Crippen LogP contribution in [0.4, 0.5) is 4.39 Å². The van der Waals surface area contributed by atoms with E-state index in [0.29, 0.717) is 19.0 Å². The van der Waals surface area contributed by atoms with Crippen LogP contribution in [0.3, 0.4) is 0 Å². The highest BCUT2D eigenvalue weighted by Gasteiger charge is 2.25. The SMILES string of the molecule is CNC[C@H]1CCCN(C(=O)c2cccc(F)c2Cl)C1. The summed E-state index contributed by atoms with van der Waals surface area (Å²) in [5.41, 5.74) is 0.256. The van der Waals surface area contributed by atoms with Crippen molar-refractivity contribution in [2.24, 2.45) is 5.92 Å². The zero-order valence-corrected chi connectivity index (χ0v) is 11.7. The van der Waals surface area contributed by atoms with Gasteiger partial charge in [0.15, 0.2) is 0 Å². The molecule has 0 aliphatic carbocycles. The summed E-state index contributed by atoms with van der Waals surface area (Å²) >= 11 is 5.87. The fraction of sp³-hybridized carbons (Fsp3) is 0.500. The van der Waals surface area contributed by atoms with Gasteiger partial charge in [-0.25, -0.2) is 4.39 Å². The van der Waals surface area contributed by atoms with Crippen molar-refractivity contribution in [3.05, 3.63) is 34.6 Å². The second-order valence-electron chi connectivity index (χ2n) is 4.92. The molecule has 1 aliphatic rings. The monoisotopic (exact) mass is 284 g/mol. The van der Waals surface area contributed by atoms with Crippen LogP contribution in [0, 0.1) is 11.7 Å². The van der Waals surface area contributed by atoms with E-state index >= 15 is 0 Å². The molecule has 1 heterocycles. The van der Waals surface area contributed by atoms with Crippen molar-refractivity contribution < 1.29 is 9.18 Å². The summed E-state index contributed by atoms with van der Waals surface area (Å²) in [7, 11) is 1.91. The van der Waals surface area contributed by atoms with Gasteiger partial charge in [0.1, 0.15) is 5.82 Å². The third kappa shape index (κ3) is 3.25. The summed E-state index contributed by atoms with van der Waals surface area (Å²) in [6, 6.07) is 4.36. The molecule has 1 saturated heterocycles. The predicted molar refractivity (Wildman–Crippen MR) is 74.0 cm³/mol. The van der Waals surface area contributed by atoms with Crippen LogP contribution >= 0.6 is 11.6 Å². The van der Waals surface area contributed by atoms with Crippen LogP contribution in [0.25, 0.3) is 0 Å². The average molecular weight is 285 g/mol. The molecule has 1 aliphatic heterocycles. The molecule has 0 unspecified atom stereocenters. The summed E-state index contributed by atoms with van der Waals surface area (Å²) < 4.78 is 13.4. The number of piperidine rings is 1. The lowest BCUT2D eigenvalue weighted by molar-refractivity contribution is 0.0674. The third-order valence-electron chi connectivity index (χ3n) is 3.48. The number of likely N-dealkylation sites (tertiary alicyclic amines) is 1. The van der Waals surface area contributed by atoms with Crippen LogP contribution in [0.1, 0.15) is 23.2 Å². The largest absolute Gasteiger partial charge is 0.338 e. The van der Waals surface area contributed by atoms with Crippen LogP contribution in [-0.4, -0.2) is 37.5 Å². The number of benzene rings is 1. The lowest BCUT2D eigenvalue weighted by Gasteiger charge is -2.33. The maximum Gasteiger partial charge on any atom is 0.255 e. The van der Waals surface area contributed by atoms with E-state index in [0.717, 1.165) is 19.4 Å². The van der Waals surface area contributed by atoms with Gasteiger partial charge in [-0.1, -0.05) is 17.7 Å². The Hall–Kier alpha value is -1.13. The highest BCUT2D eigenvalue weighted by atomic mass is 35.5. The third-order valence-corrected chi connectivity index (χ3v) is 3.87. The van der Waals surface area contributed by atoms with E-state index in [-0.39, 0.29) is 16.5 Å². The van der Waals surface area contributed by atoms with E-state index in [9.17, 15) is 9.18 Å². The summed E-state index contributed by atoms with van der Waals surface area (Å²) in [5.74, 6) is -0.267. The lowest BCUT2D eigenvalue weighted by Crippen LogP contribution is -2.42. The van der Waals surface area contributed by atoms with Gasteiger partial charge in [-0.15, -0.1) is 0 Å². The number of halogens is 2. The zero-order chi connectivity index (χ0) is 13.8. The number of amides is 1. The maximum atomic E-state index is 13.4. The van der Waals surface area contributed by atoms with Gasteiger partial charge < -0.3 is 10.2 Å². The Balaban J connectivity index is 2.12. The normalized spacial score (nSPS) is 19.5. The number of nitrogens with one attached hydrogen (secondary N) is 1. The van der Waals surface area contributed by atoms with Gasteiger partial charge >= 0.3 is 0 Å². The zero-order valence-electron chi connectivity index (χ0n) is 11.0. The molecule has 1 aromatic carbocycles. The minimum Gasteiger partial charge on any atom is -0.338 e. The van der Waals surface area contributed by atoms with Gasteiger partial charge in [-0.05, 0) is 44.5 Å². The summed E-state index contributed by atoms with van der Waals surface area (Å²) in [6.45, 7) is 2.30. The second-order valence-corrected chi connectivity index (χ2v) is 5.30. The molecule has 1 N–H and O–H groups in total. The highest BCUT2D eigenvalue weighted by molar-refractivity contribution is 6.34. The van der Waals surface area contributed by atoms with Crippen LogP contribution in [-0.2, 0) is 0 Å². The van der Waals surface area contributed by atoms with Crippen molar-refractivity contribution in [3.63, 3.8) is 0 Å². The number of rotatable bonds is 3. The lowest BCUT2D eigenvalue weighted by atomic mass is 9.97. The number of carbonyl (C=O) groups excluding carboxylic acids is 1. The van der Waals surface area contributed by atoms with Gasteiger partial charge in [0.25, 0.3) is 5.91 Å². The van der Waals surface area contributed by atoms with E-state index in [1.165, 1.54) is 12.1 Å². The molecule has 0 saturated carbocycles. The first-order chi connectivity index (χ1) is 9.13. The van der Waals surface area contributed by atoms with Crippen molar-refractivity contribution in [3.8, 4) is 0 Å². The van der Waals surface area contributed by atoms with Crippen molar-refractivity contribution in [1.29, 1.82) is 0 Å². The van der Waals surface area contributed by atoms with Gasteiger partial charge in [-0.3, -0.25) is 4.79 Å². The van der Waals surface area contributed by atoms with Crippen molar-refractivity contribution in [2.75, 3.05) is 26.7 Å². The Morgan fingerprint density at radius 1 is 1.58 bits per heavy atom. The van der Waals surface area contributed by atoms with Crippen molar-refractivity contribution >= 4 is 17.5 Å². The van der Waals surface area contributed by atoms with E-state index < -0.39 is 5.82 Å². The standard InChI is InChI=1S/C14H18ClFN2O/c1-17-8-10-4-3-7-18(9-10)14(19)11-5-2-6-12(16)13(11)15/h2,5-6,10,17H,3-4,7-9H2,1H3/t10-/m1/s1. The molecule has 0 spiro atoms. The number of carbonyl (C=O) groups is 1. The predicted octanol–water partition coefficient (Wildman–Crippen LogP) is 2.55. The van der Waals surface area contributed by atoms with Gasteiger partial charge in [0, 0.05) is 13.1 Å². The fourth-order valence-electron chi connectivity index (χ4n) is 2.54. The van der Waals surface area contributed by atoms with Crippen molar-refractivity contribution in [2.45, 2.75) is 12.8 Å². The van der Waals surface area contributed by atoms with Crippen LogP contribution in [0.15, 0.2) is 18.2 Å². The molecular formula is C14H18ClFN2O. The van der Waals surface area contributed by atoms with E-state index in [1.807, 2.05) is 7.05 Å². The van der Waals surface area contributed by atoms with E-state index in [2.05, 4.69) is 5.32 Å². The molecule has 2 rings (SSSR count). The van der Waals surface area contributed by atoms with Crippen LogP contribution in [0.5, 0.6) is 0 Å². The summed E-state index contributed by atoms with van der Waals surface area (Å²) in [4.78, 5) is 14.1. The molecule has 0 radical (unpaired) electrons. The molecule has 19 heavy (non-hydrogen) atoms. The Labute approximate surface area is 117 Å². The number of hydrogen-bond acceptors (Lipinski definition) is 2. The van der Waals surface area contributed by atoms with Gasteiger partial charge in [-0.2, -0.15) is 0 Å². The van der Waals surface area contributed by atoms with E-state index in [1.54, 1.807) is 11.0 Å². The maximum absolute atomic E-state index is 13.4. The topological polar surface area (TPSA) is 32.3 Å². The van der Waals surface area contributed by atoms with Gasteiger partial charge in [0.2, 0.25) is 0 Å². The molecule has 1 aromatic rings. The molecule has 3 nitrogen and oxygen atoms in total. The second kappa shape index (κ2) is 6.35. The average Bonchev–Trinajstić information content (AvgIpc) is 2.42. The molecular weight excluding hydrogens is 267 g/mol. The fourth-order valence-corrected chi connectivity index (χ4v) is 2.75. The number of hydrogen-bond donors (Lipinski definition) is 1. The first-order valence-corrected chi connectivity index (χ1v) is 6.89. The van der Waals surface area contributed by atoms with Crippen LogP contribution in [0.2, 0.25) is 5.02 Å². The first-order valence-electron chi connectivity index (χ1n) is 6.51. The summed E-state index contributed by atoms with van der Waals surface area (Å²) in [5, 5.41) is 3.05. The Morgan fingerprint density at radius 2 is 2.37 bits per heavy atom. The molecule has 1 atom stereocenters. The highest BCUT2D eigenvalue weighted by Crippen LogP contribution is 2.24. The molecule has 5 heteroatoms. The molecule has 1 amide bonds. The minimum absolute atomic E-state index is 0.0803. The number of nitrogens with zero attached hydrogens (tertiary/aromatic N) is 1. The summed E-state index contributed by atoms with van der Waals surface area (Å²) in [6.07, 6.45) is 2.09. The van der Waals surface area contributed by atoms with Crippen LogP contribution < -0.4 is 5.32 Å². The molecule has 0 aromatic heterocycles. The Morgan fingerprint density at radius 3 is 3.11 bits per heavy atom. The Bertz CT molecular complexity index is 465. The van der Waals surface area contributed by atoms with Gasteiger partial charge in [0.05, 0.1) is 10.6 Å².